The number of anilines is 1. The van der Waals surface area contributed by atoms with Gasteiger partial charge in [0.15, 0.2) is 5.13 Å². The number of carbonyl (C=O) groups is 1. The average Bonchev–Trinajstić information content (AvgIpc) is 3.17. The molecular weight excluding hydrogens is 352 g/mol. The molecule has 4 heteroatoms. The Bertz CT molecular complexity index is 1070. The van der Waals surface area contributed by atoms with Crippen molar-refractivity contribution in [2.75, 3.05) is 5.32 Å². The quantitative estimate of drug-likeness (QED) is 0.476. The zero-order valence-corrected chi connectivity index (χ0v) is 15.7. The first-order valence-electron chi connectivity index (χ1n) is 8.68. The first-order valence-corrected chi connectivity index (χ1v) is 9.56. The van der Waals surface area contributed by atoms with Gasteiger partial charge in [0.25, 0.3) is 5.91 Å². The second kappa shape index (κ2) is 7.56. The normalized spacial score (nSPS) is 10.6. The molecule has 27 heavy (non-hydrogen) atoms. The highest BCUT2D eigenvalue weighted by Gasteiger charge is 2.10. The fourth-order valence-electron chi connectivity index (χ4n) is 2.88. The molecule has 4 rings (SSSR count). The summed E-state index contributed by atoms with van der Waals surface area (Å²) in [5, 5.41) is 5.44. The van der Waals surface area contributed by atoms with Crippen LogP contribution in [0, 0.1) is 6.92 Å². The minimum absolute atomic E-state index is 0.140. The summed E-state index contributed by atoms with van der Waals surface area (Å²) in [7, 11) is 0. The Hall–Kier alpha value is -3.24. The van der Waals surface area contributed by atoms with E-state index in [2.05, 4.69) is 46.7 Å². The molecule has 0 aliphatic carbocycles. The van der Waals surface area contributed by atoms with Gasteiger partial charge in [-0.05, 0) is 30.2 Å². The summed E-state index contributed by atoms with van der Waals surface area (Å²) in [6, 6.07) is 26.1. The Morgan fingerprint density at radius 3 is 2.30 bits per heavy atom. The van der Waals surface area contributed by atoms with Crippen LogP contribution in [-0.2, 0) is 0 Å². The third-order valence-corrected chi connectivity index (χ3v) is 5.05. The average molecular weight is 370 g/mol. The molecule has 0 aliphatic heterocycles. The molecular formula is C23H18N2OS. The molecule has 0 unspecified atom stereocenters. The molecule has 3 aromatic carbocycles. The third-order valence-electron chi connectivity index (χ3n) is 4.29. The molecule has 4 aromatic rings. The number of thiazole rings is 1. The highest BCUT2D eigenvalue weighted by Crippen LogP contribution is 2.27. The van der Waals surface area contributed by atoms with E-state index >= 15 is 0 Å². The van der Waals surface area contributed by atoms with E-state index in [0.29, 0.717) is 10.7 Å². The summed E-state index contributed by atoms with van der Waals surface area (Å²) in [5.41, 5.74) is 5.94. The lowest BCUT2D eigenvalue weighted by atomic mass is 10.0. The van der Waals surface area contributed by atoms with E-state index < -0.39 is 0 Å². The van der Waals surface area contributed by atoms with Crippen LogP contribution in [0.1, 0.15) is 15.9 Å². The first kappa shape index (κ1) is 17.2. The summed E-state index contributed by atoms with van der Waals surface area (Å²) in [4.78, 5) is 16.9. The van der Waals surface area contributed by atoms with Gasteiger partial charge in [-0.25, -0.2) is 4.98 Å². The van der Waals surface area contributed by atoms with Crippen molar-refractivity contribution in [2.24, 2.45) is 0 Å². The van der Waals surface area contributed by atoms with Gasteiger partial charge in [0.2, 0.25) is 0 Å². The number of hydrogen-bond acceptors (Lipinski definition) is 3. The fraction of sp³-hybridized carbons (Fsp3) is 0.0435. The van der Waals surface area contributed by atoms with Gasteiger partial charge in [-0.3, -0.25) is 10.1 Å². The fourth-order valence-corrected chi connectivity index (χ4v) is 3.60. The van der Waals surface area contributed by atoms with Crippen LogP contribution in [0.5, 0.6) is 0 Å². The van der Waals surface area contributed by atoms with Gasteiger partial charge in [0.05, 0.1) is 5.69 Å². The van der Waals surface area contributed by atoms with Crippen LogP contribution in [0.25, 0.3) is 22.4 Å². The molecule has 1 aromatic heterocycles. The van der Waals surface area contributed by atoms with Crippen LogP contribution in [0.3, 0.4) is 0 Å². The summed E-state index contributed by atoms with van der Waals surface area (Å²) in [6.45, 7) is 1.97. The van der Waals surface area contributed by atoms with Gasteiger partial charge < -0.3 is 0 Å². The zero-order valence-electron chi connectivity index (χ0n) is 14.8. The Morgan fingerprint density at radius 2 is 1.56 bits per heavy atom. The molecule has 0 fully saturated rings. The number of carbonyl (C=O) groups excluding carboxylic acids is 1. The molecule has 132 valence electrons. The van der Waals surface area contributed by atoms with Crippen molar-refractivity contribution < 1.29 is 4.79 Å². The highest BCUT2D eigenvalue weighted by molar-refractivity contribution is 7.14. The van der Waals surface area contributed by atoms with Crippen LogP contribution < -0.4 is 5.32 Å². The smallest absolute Gasteiger partial charge is 0.257 e. The van der Waals surface area contributed by atoms with Crippen LogP contribution in [0.2, 0.25) is 0 Å². The predicted molar refractivity (Wildman–Crippen MR) is 112 cm³/mol. The van der Waals surface area contributed by atoms with Crippen LogP contribution >= 0.6 is 11.3 Å². The van der Waals surface area contributed by atoms with E-state index in [1.807, 2.05) is 48.7 Å². The van der Waals surface area contributed by atoms with Crippen LogP contribution in [-0.4, -0.2) is 10.9 Å². The lowest BCUT2D eigenvalue weighted by molar-refractivity contribution is 0.102. The summed E-state index contributed by atoms with van der Waals surface area (Å²) in [5.74, 6) is -0.140. The molecule has 0 radical (unpaired) electrons. The molecule has 0 aliphatic rings. The Balaban J connectivity index is 1.50. The van der Waals surface area contributed by atoms with E-state index in [1.165, 1.54) is 22.5 Å². The van der Waals surface area contributed by atoms with Crippen molar-refractivity contribution in [1.82, 2.24) is 4.98 Å². The van der Waals surface area contributed by atoms with E-state index in [1.54, 1.807) is 6.07 Å². The van der Waals surface area contributed by atoms with Crippen LogP contribution in [0.4, 0.5) is 5.13 Å². The van der Waals surface area contributed by atoms with Gasteiger partial charge in [0, 0.05) is 16.5 Å². The second-order valence-corrected chi connectivity index (χ2v) is 7.16. The van der Waals surface area contributed by atoms with Gasteiger partial charge >= 0.3 is 0 Å². The molecule has 3 nitrogen and oxygen atoms in total. The Kier molecular flexibility index (Phi) is 4.81. The number of aromatic nitrogens is 1. The topological polar surface area (TPSA) is 42.0 Å². The number of nitrogens with one attached hydrogen (secondary N) is 1. The van der Waals surface area contributed by atoms with Gasteiger partial charge in [-0.2, -0.15) is 0 Å². The SMILES string of the molecule is Cc1cccc(C(=O)Nc2nc(-c3ccc(-c4ccccc4)cc3)cs2)c1. The number of amides is 1. The van der Waals surface area contributed by atoms with Crippen molar-refractivity contribution in [1.29, 1.82) is 0 Å². The van der Waals surface area contributed by atoms with Crippen molar-refractivity contribution in [3.8, 4) is 22.4 Å². The molecule has 0 spiro atoms. The van der Waals surface area contributed by atoms with Gasteiger partial charge in [-0.15, -0.1) is 11.3 Å². The van der Waals surface area contributed by atoms with Crippen molar-refractivity contribution >= 4 is 22.4 Å². The molecule has 0 atom stereocenters. The first-order chi connectivity index (χ1) is 13.2. The minimum atomic E-state index is -0.140. The van der Waals surface area contributed by atoms with E-state index in [-0.39, 0.29) is 5.91 Å². The van der Waals surface area contributed by atoms with Crippen molar-refractivity contribution in [3.05, 3.63) is 95.4 Å². The van der Waals surface area contributed by atoms with E-state index in [0.717, 1.165) is 16.8 Å². The number of benzene rings is 3. The number of rotatable bonds is 4. The third kappa shape index (κ3) is 3.96. The summed E-state index contributed by atoms with van der Waals surface area (Å²) in [6.07, 6.45) is 0. The standard InChI is InChI=1S/C23H18N2OS/c1-16-6-5-9-20(14-16)22(26)25-23-24-21(15-27-23)19-12-10-18(11-13-19)17-7-3-2-4-8-17/h2-15H,1H3,(H,24,25,26). The largest absolute Gasteiger partial charge is 0.298 e. The Morgan fingerprint density at radius 1 is 0.852 bits per heavy atom. The lowest BCUT2D eigenvalue weighted by Gasteiger charge is -2.03. The molecule has 0 saturated carbocycles. The number of hydrogen-bond donors (Lipinski definition) is 1. The molecule has 0 bridgehead atoms. The lowest BCUT2D eigenvalue weighted by Crippen LogP contribution is -2.11. The monoisotopic (exact) mass is 370 g/mol. The summed E-state index contributed by atoms with van der Waals surface area (Å²) >= 11 is 1.43. The number of aryl methyl sites for hydroxylation is 1. The van der Waals surface area contributed by atoms with E-state index in [9.17, 15) is 4.79 Å². The second-order valence-electron chi connectivity index (χ2n) is 6.30. The van der Waals surface area contributed by atoms with Crippen molar-refractivity contribution in [2.45, 2.75) is 6.92 Å². The zero-order chi connectivity index (χ0) is 18.6. The molecule has 0 saturated heterocycles. The van der Waals surface area contributed by atoms with Crippen molar-refractivity contribution in [3.63, 3.8) is 0 Å². The van der Waals surface area contributed by atoms with Crippen LogP contribution in [0.15, 0.2) is 84.2 Å². The molecule has 1 amide bonds. The minimum Gasteiger partial charge on any atom is -0.298 e. The number of nitrogens with zero attached hydrogens (tertiary/aromatic N) is 1. The maximum Gasteiger partial charge on any atom is 0.257 e. The predicted octanol–water partition coefficient (Wildman–Crippen LogP) is 6.04. The van der Waals surface area contributed by atoms with Gasteiger partial charge in [0.1, 0.15) is 0 Å². The molecule has 1 N–H and O–H groups in total. The van der Waals surface area contributed by atoms with Gasteiger partial charge in [-0.1, -0.05) is 72.3 Å². The summed E-state index contributed by atoms with van der Waals surface area (Å²) < 4.78 is 0. The Labute approximate surface area is 162 Å². The maximum absolute atomic E-state index is 12.4. The molecule has 1 heterocycles. The maximum atomic E-state index is 12.4. The highest BCUT2D eigenvalue weighted by atomic mass is 32.1. The van der Waals surface area contributed by atoms with E-state index in [4.69, 9.17) is 0 Å².